The van der Waals surface area contributed by atoms with Crippen molar-refractivity contribution in [3.8, 4) is 11.4 Å². The van der Waals surface area contributed by atoms with E-state index in [1.54, 1.807) is 35.1 Å². The van der Waals surface area contributed by atoms with Gasteiger partial charge in [0.2, 0.25) is 5.82 Å². The Labute approximate surface area is 175 Å². The molecule has 2 aromatic heterocycles. The molecule has 0 aliphatic rings. The molecule has 0 spiro atoms. The number of nitrogens with one attached hydrogen (secondary N) is 1. The molecule has 10 heteroatoms. The van der Waals surface area contributed by atoms with Gasteiger partial charge in [-0.3, -0.25) is 9.52 Å². The maximum absolute atomic E-state index is 12.6. The molecule has 0 unspecified atom stereocenters. The zero-order valence-electron chi connectivity index (χ0n) is 16.2. The van der Waals surface area contributed by atoms with Crippen LogP contribution in [0.1, 0.15) is 22.6 Å². The van der Waals surface area contributed by atoms with Gasteiger partial charge < -0.3 is 4.52 Å². The third-order valence-electron chi connectivity index (χ3n) is 4.37. The van der Waals surface area contributed by atoms with Crippen molar-refractivity contribution in [2.24, 2.45) is 0 Å². The fourth-order valence-corrected chi connectivity index (χ4v) is 2.83. The quantitative estimate of drug-likeness (QED) is 0.334. The largest absolute Gasteiger partial charge is 0.471 e. The SMILES string of the molecule is FC(F)(F)c1nc(-c2ccc(Cn3cc(CNOCc4ccccc4)cn3)cc2)no1. The minimum Gasteiger partial charge on any atom is -0.329 e. The van der Waals surface area contributed by atoms with Gasteiger partial charge in [-0.2, -0.15) is 28.7 Å². The van der Waals surface area contributed by atoms with Crippen LogP contribution in [0.3, 0.4) is 0 Å². The summed E-state index contributed by atoms with van der Waals surface area (Å²) in [6.07, 6.45) is -1.03. The number of rotatable bonds is 8. The number of benzene rings is 2. The highest BCUT2D eigenvalue weighted by Gasteiger charge is 2.38. The average Bonchev–Trinajstić information content (AvgIpc) is 3.42. The van der Waals surface area contributed by atoms with Crippen molar-refractivity contribution < 1.29 is 22.5 Å². The first-order chi connectivity index (χ1) is 15.0. The number of hydroxylamine groups is 1. The predicted octanol–water partition coefficient (Wildman–Crippen LogP) is 4.22. The topological polar surface area (TPSA) is 78.0 Å². The number of halogens is 3. The summed E-state index contributed by atoms with van der Waals surface area (Å²) in [7, 11) is 0. The molecule has 160 valence electrons. The van der Waals surface area contributed by atoms with Crippen LogP contribution in [-0.4, -0.2) is 19.9 Å². The molecular weight excluding hydrogens is 411 g/mol. The normalized spacial score (nSPS) is 11.7. The van der Waals surface area contributed by atoms with Crippen LogP contribution >= 0.6 is 0 Å². The van der Waals surface area contributed by atoms with Gasteiger partial charge in [0, 0.05) is 23.9 Å². The number of hydrogen-bond acceptors (Lipinski definition) is 6. The Morgan fingerprint density at radius 3 is 2.45 bits per heavy atom. The van der Waals surface area contributed by atoms with Crippen LogP contribution in [0.25, 0.3) is 11.4 Å². The number of aromatic nitrogens is 4. The average molecular weight is 429 g/mol. The van der Waals surface area contributed by atoms with Crippen molar-refractivity contribution in [1.82, 2.24) is 25.4 Å². The van der Waals surface area contributed by atoms with Crippen molar-refractivity contribution >= 4 is 0 Å². The molecule has 0 aliphatic carbocycles. The Morgan fingerprint density at radius 2 is 1.74 bits per heavy atom. The lowest BCUT2D eigenvalue weighted by molar-refractivity contribution is -0.159. The molecule has 4 aromatic rings. The first kappa shape index (κ1) is 20.8. The van der Waals surface area contributed by atoms with E-state index >= 15 is 0 Å². The van der Waals surface area contributed by atoms with E-state index in [-0.39, 0.29) is 5.82 Å². The Balaban J connectivity index is 1.29. The summed E-state index contributed by atoms with van der Waals surface area (Å²) < 4.78 is 43.8. The minimum absolute atomic E-state index is 0.109. The third-order valence-corrected chi connectivity index (χ3v) is 4.37. The molecule has 31 heavy (non-hydrogen) atoms. The second-order valence-corrected chi connectivity index (χ2v) is 6.76. The summed E-state index contributed by atoms with van der Waals surface area (Å²) in [5, 5.41) is 7.70. The highest BCUT2D eigenvalue weighted by atomic mass is 19.4. The first-order valence-electron chi connectivity index (χ1n) is 9.37. The fourth-order valence-electron chi connectivity index (χ4n) is 2.83. The molecular formula is C21H18F3N5O2. The molecule has 0 aliphatic heterocycles. The summed E-state index contributed by atoms with van der Waals surface area (Å²) in [5.41, 5.74) is 6.29. The van der Waals surface area contributed by atoms with Crippen molar-refractivity contribution in [2.75, 3.05) is 0 Å². The van der Waals surface area contributed by atoms with Crippen molar-refractivity contribution in [1.29, 1.82) is 0 Å². The zero-order chi connectivity index (χ0) is 21.7. The molecule has 0 fully saturated rings. The van der Waals surface area contributed by atoms with Crippen molar-refractivity contribution in [3.05, 3.63) is 89.6 Å². The van der Waals surface area contributed by atoms with Gasteiger partial charge in [-0.25, -0.2) is 0 Å². The number of nitrogens with zero attached hydrogens (tertiary/aromatic N) is 4. The van der Waals surface area contributed by atoms with Gasteiger partial charge >= 0.3 is 12.1 Å². The van der Waals surface area contributed by atoms with Gasteiger partial charge in [0.05, 0.1) is 19.3 Å². The van der Waals surface area contributed by atoms with E-state index < -0.39 is 12.1 Å². The van der Waals surface area contributed by atoms with E-state index in [1.807, 2.05) is 36.5 Å². The molecule has 2 heterocycles. The first-order valence-corrected chi connectivity index (χ1v) is 9.37. The van der Waals surface area contributed by atoms with Crippen LogP contribution in [0.15, 0.2) is 71.5 Å². The van der Waals surface area contributed by atoms with Gasteiger partial charge in [0.1, 0.15) is 0 Å². The molecule has 0 amide bonds. The third kappa shape index (κ3) is 5.56. The van der Waals surface area contributed by atoms with Crippen molar-refractivity contribution in [3.63, 3.8) is 0 Å². The zero-order valence-corrected chi connectivity index (χ0v) is 16.2. The van der Waals surface area contributed by atoms with Crippen LogP contribution < -0.4 is 5.48 Å². The monoisotopic (exact) mass is 429 g/mol. The van der Waals surface area contributed by atoms with Gasteiger partial charge in [0.25, 0.3) is 0 Å². The highest BCUT2D eigenvalue weighted by molar-refractivity contribution is 5.54. The van der Waals surface area contributed by atoms with E-state index in [9.17, 15) is 13.2 Å². The van der Waals surface area contributed by atoms with Crippen LogP contribution in [0.4, 0.5) is 13.2 Å². The van der Waals surface area contributed by atoms with Crippen LogP contribution in [-0.2, 0) is 30.7 Å². The molecule has 7 nitrogen and oxygen atoms in total. The fraction of sp³-hybridized carbons (Fsp3) is 0.190. The van der Waals surface area contributed by atoms with E-state index in [1.165, 1.54) is 0 Å². The van der Waals surface area contributed by atoms with Gasteiger partial charge in [0.15, 0.2) is 0 Å². The lowest BCUT2D eigenvalue weighted by Gasteiger charge is -2.05. The Morgan fingerprint density at radius 1 is 0.968 bits per heavy atom. The summed E-state index contributed by atoms with van der Waals surface area (Å²) in [6, 6.07) is 16.7. The second kappa shape index (κ2) is 9.11. The summed E-state index contributed by atoms with van der Waals surface area (Å²) in [4.78, 5) is 8.84. The molecule has 0 bridgehead atoms. The molecule has 0 saturated carbocycles. The van der Waals surface area contributed by atoms with Gasteiger partial charge in [-0.05, 0) is 11.1 Å². The standard InChI is InChI=1S/C21H18F3N5O2/c22-21(23,24)20-27-19(28-31-20)18-8-6-15(7-9-18)12-29-13-17(10-25-29)11-26-30-14-16-4-2-1-3-5-16/h1-10,13,26H,11-12,14H2. The highest BCUT2D eigenvalue weighted by Crippen LogP contribution is 2.29. The Kier molecular flexibility index (Phi) is 6.10. The lowest BCUT2D eigenvalue weighted by atomic mass is 10.1. The Bertz CT molecular complexity index is 1110. The van der Waals surface area contributed by atoms with Crippen LogP contribution in [0.2, 0.25) is 0 Å². The lowest BCUT2D eigenvalue weighted by Crippen LogP contribution is -2.13. The molecule has 1 N–H and O–H groups in total. The Hall–Kier alpha value is -3.50. The molecule has 0 atom stereocenters. The summed E-state index contributed by atoms with van der Waals surface area (Å²) >= 11 is 0. The maximum atomic E-state index is 12.6. The van der Waals surface area contributed by atoms with E-state index in [4.69, 9.17) is 4.84 Å². The molecule has 4 rings (SSSR count). The number of hydrogen-bond donors (Lipinski definition) is 1. The van der Waals surface area contributed by atoms with Crippen LogP contribution in [0, 0.1) is 0 Å². The maximum Gasteiger partial charge on any atom is 0.471 e. The second-order valence-electron chi connectivity index (χ2n) is 6.76. The van der Waals surface area contributed by atoms with E-state index in [0.29, 0.717) is 25.3 Å². The van der Waals surface area contributed by atoms with E-state index in [0.717, 1.165) is 16.7 Å². The van der Waals surface area contributed by atoms with E-state index in [2.05, 4.69) is 25.2 Å². The molecule has 0 saturated heterocycles. The summed E-state index contributed by atoms with van der Waals surface area (Å²) in [6.45, 7) is 1.47. The van der Waals surface area contributed by atoms with Crippen molar-refractivity contribution in [2.45, 2.75) is 25.9 Å². The summed E-state index contributed by atoms with van der Waals surface area (Å²) in [5.74, 6) is -1.47. The number of alkyl halides is 3. The molecule has 2 aromatic carbocycles. The molecule has 0 radical (unpaired) electrons. The minimum atomic E-state index is -4.66. The smallest absolute Gasteiger partial charge is 0.329 e. The predicted molar refractivity (Wildman–Crippen MR) is 104 cm³/mol. The van der Waals surface area contributed by atoms with Gasteiger partial charge in [-0.1, -0.05) is 59.8 Å². The van der Waals surface area contributed by atoms with Gasteiger partial charge in [-0.15, -0.1) is 0 Å². The van der Waals surface area contributed by atoms with Crippen LogP contribution in [0.5, 0.6) is 0 Å².